The average molecular weight is 417 g/mol. The lowest BCUT2D eigenvalue weighted by Gasteiger charge is -2.36. The summed E-state index contributed by atoms with van der Waals surface area (Å²) >= 11 is 0. The minimum absolute atomic E-state index is 0.0149. The van der Waals surface area contributed by atoms with Gasteiger partial charge in [-0.15, -0.1) is 0 Å². The van der Waals surface area contributed by atoms with Gasteiger partial charge in [-0.05, 0) is 48.2 Å². The van der Waals surface area contributed by atoms with E-state index in [0.717, 1.165) is 17.8 Å². The molecule has 0 radical (unpaired) electrons. The monoisotopic (exact) mass is 417 g/mol. The summed E-state index contributed by atoms with van der Waals surface area (Å²) in [4.78, 5) is 27.9. The van der Waals surface area contributed by atoms with Crippen LogP contribution in [0.4, 0.5) is 18.9 Å². The van der Waals surface area contributed by atoms with Crippen LogP contribution < -0.4 is 10.6 Å². The Hall–Kier alpha value is -3.03. The molecule has 2 unspecified atom stereocenters. The number of anilines is 1. The van der Waals surface area contributed by atoms with E-state index in [1.54, 1.807) is 23.1 Å². The normalized spacial score (nSPS) is 21.4. The Morgan fingerprint density at radius 2 is 1.63 bits per heavy atom. The summed E-state index contributed by atoms with van der Waals surface area (Å²) in [5.74, 6) is -0.841. The molecule has 158 valence electrons. The van der Waals surface area contributed by atoms with E-state index in [0.29, 0.717) is 43.7 Å². The SMILES string of the molecule is NC(=O)c1ccc(N2CCN(C(=O)C3CC3c3cccc(C(F)(F)F)c3)CC2)cc1. The first-order chi connectivity index (χ1) is 14.2. The van der Waals surface area contributed by atoms with Crippen molar-refractivity contribution in [2.75, 3.05) is 31.1 Å². The highest BCUT2D eigenvalue weighted by molar-refractivity contribution is 5.93. The van der Waals surface area contributed by atoms with Crippen molar-refractivity contribution in [2.24, 2.45) is 11.7 Å². The van der Waals surface area contributed by atoms with Crippen LogP contribution in [-0.2, 0) is 11.0 Å². The summed E-state index contributed by atoms with van der Waals surface area (Å²) in [5, 5.41) is 0. The van der Waals surface area contributed by atoms with Crippen LogP contribution in [0.25, 0.3) is 0 Å². The highest BCUT2D eigenvalue weighted by atomic mass is 19.4. The topological polar surface area (TPSA) is 66.6 Å². The zero-order valence-electron chi connectivity index (χ0n) is 16.2. The van der Waals surface area contributed by atoms with E-state index in [1.807, 2.05) is 12.1 Å². The number of hydrogen-bond acceptors (Lipinski definition) is 3. The molecule has 1 aliphatic carbocycles. The minimum Gasteiger partial charge on any atom is -0.368 e. The zero-order valence-corrected chi connectivity index (χ0v) is 16.2. The molecule has 2 aromatic rings. The predicted molar refractivity (Wildman–Crippen MR) is 106 cm³/mol. The summed E-state index contributed by atoms with van der Waals surface area (Å²) in [7, 11) is 0. The first kappa shape index (κ1) is 20.3. The Morgan fingerprint density at radius 3 is 2.23 bits per heavy atom. The van der Waals surface area contributed by atoms with Gasteiger partial charge in [-0.3, -0.25) is 9.59 Å². The molecule has 0 spiro atoms. The smallest absolute Gasteiger partial charge is 0.368 e. The van der Waals surface area contributed by atoms with Crippen molar-refractivity contribution in [3.8, 4) is 0 Å². The van der Waals surface area contributed by atoms with Gasteiger partial charge >= 0.3 is 6.18 Å². The maximum atomic E-state index is 12.9. The number of benzene rings is 2. The Kier molecular flexibility index (Phi) is 5.17. The molecule has 2 amide bonds. The van der Waals surface area contributed by atoms with Gasteiger partial charge in [-0.2, -0.15) is 13.2 Å². The predicted octanol–water partition coefficient (Wildman–Crippen LogP) is 3.26. The van der Waals surface area contributed by atoms with Crippen molar-refractivity contribution in [1.82, 2.24) is 4.90 Å². The lowest BCUT2D eigenvalue weighted by atomic mass is 10.0. The fourth-order valence-electron chi connectivity index (χ4n) is 4.04. The van der Waals surface area contributed by atoms with E-state index in [4.69, 9.17) is 5.73 Å². The number of halogens is 3. The molecular weight excluding hydrogens is 395 g/mol. The minimum atomic E-state index is -4.38. The molecule has 1 aliphatic heterocycles. The fraction of sp³-hybridized carbons (Fsp3) is 0.364. The number of nitrogens with zero attached hydrogens (tertiary/aromatic N) is 2. The van der Waals surface area contributed by atoms with Gasteiger partial charge < -0.3 is 15.5 Å². The quantitative estimate of drug-likeness (QED) is 0.831. The molecule has 30 heavy (non-hydrogen) atoms. The Labute approximate surface area is 172 Å². The molecule has 2 fully saturated rings. The number of amides is 2. The molecule has 2 aliphatic rings. The largest absolute Gasteiger partial charge is 0.416 e. The van der Waals surface area contributed by atoms with Gasteiger partial charge in [0.15, 0.2) is 0 Å². The molecule has 2 aromatic carbocycles. The Bertz CT molecular complexity index is 951. The number of alkyl halides is 3. The number of rotatable bonds is 4. The maximum Gasteiger partial charge on any atom is 0.416 e. The average Bonchev–Trinajstić information content (AvgIpc) is 3.54. The molecule has 5 nitrogen and oxygen atoms in total. The van der Waals surface area contributed by atoms with Crippen LogP contribution in [-0.4, -0.2) is 42.9 Å². The zero-order chi connectivity index (χ0) is 21.5. The van der Waals surface area contributed by atoms with Crippen molar-refractivity contribution < 1.29 is 22.8 Å². The first-order valence-corrected chi connectivity index (χ1v) is 9.85. The second kappa shape index (κ2) is 7.66. The molecule has 1 saturated carbocycles. The molecule has 8 heteroatoms. The van der Waals surface area contributed by atoms with E-state index in [9.17, 15) is 22.8 Å². The number of carbonyl (C=O) groups is 2. The van der Waals surface area contributed by atoms with Gasteiger partial charge in [-0.25, -0.2) is 0 Å². The van der Waals surface area contributed by atoms with Gasteiger partial charge in [0.1, 0.15) is 0 Å². The number of primary amides is 1. The fourth-order valence-corrected chi connectivity index (χ4v) is 4.04. The molecule has 4 rings (SSSR count). The molecule has 1 saturated heterocycles. The number of carbonyl (C=O) groups excluding carboxylic acids is 2. The van der Waals surface area contributed by atoms with E-state index in [2.05, 4.69) is 4.90 Å². The van der Waals surface area contributed by atoms with Crippen LogP contribution in [0.2, 0.25) is 0 Å². The van der Waals surface area contributed by atoms with Crippen LogP contribution >= 0.6 is 0 Å². The van der Waals surface area contributed by atoms with Crippen LogP contribution in [0.15, 0.2) is 48.5 Å². The summed E-state index contributed by atoms with van der Waals surface area (Å²) in [6, 6.07) is 12.3. The molecule has 1 heterocycles. The second-order valence-corrected chi connectivity index (χ2v) is 7.80. The van der Waals surface area contributed by atoms with Gasteiger partial charge in [-0.1, -0.05) is 18.2 Å². The summed E-state index contributed by atoms with van der Waals surface area (Å²) in [6.45, 7) is 2.43. The van der Waals surface area contributed by atoms with E-state index >= 15 is 0 Å². The van der Waals surface area contributed by atoms with Crippen LogP contribution in [0.1, 0.15) is 33.8 Å². The van der Waals surface area contributed by atoms with Crippen molar-refractivity contribution in [2.45, 2.75) is 18.5 Å². The number of hydrogen-bond donors (Lipinski definition) is 1. The lowest BCUT2D eigenvalue weighted by Crippen LogP contribution is -2.49. The maximum absolute atomic E-state index is 12.9. The van der Waals surface area contributed by atoms with Crippen molar-refractivity contribution in [1.29, 1.82) is 0 Å². The van der Waals surface area contributed by atoms with Crippen molar-refractivity contribution in [3.63, 3.8) is 0 Å². The van der Waals surface area contributed by atoms with Gasteiger partial charge in [0, 0.05) is 43.3 Å². The lowest BCUT2D eigenvalue weighted by molar-refractivity contribution is -0.137. The third kappa shape index (κ3) is 4.13. The Balaban J connectivity index is 1.34. The van der Waals surface area contributed by atoms with Gasteiger partial charge in [0.2, 0.25) is 11.8 Å². The van der Waals surface area contributed by atoms with Crippen molar-refractivity contribution >= 4 is 17.5 Å². The Morgan fingerprint density at radius 1 is 0.967 bits per heavy atom. The summed E-state index contributed by atoms with van der Waals surface area (Å²) in [6.07, 6.45) is -3.79. The molecule has 2 N–H and O–H groups in total. The third-order valence-corrected chi connectivity index (χ3v) is 5.86. The van der Waals surface area contributed by atoms with E-state index in [-0.39, 0.29) is 17.7 Å². The van der Waals surface area contributed by atoms with E-state index in [1.165, 1.54) is 6.07 Å². The van der Waals surface area contributed by atoms with Crippen LogP contribution in [0.5, 0.6) is 0 Å². The number of nitrogens with two attached hydrogens (primary N) is 1. The highest BCUT2D eigenvalue weighted by Crippen LogP contribution is 2.49. The number of piperazine rings is 1. The van der Waals surface area contributed by atoms with Gasteiger partial charge in [0.25, 0.3) is 0 Å². The van der Waals surface area contributed by atoms with Crippen LogP contribution in [0, 0.1) is 5.92 Å². The summed E-state index contributed by atoms with van der Waals surface area (Å²) < 4.78 is 38.8. The molecule has 2 atom stereocenters. The standard InChI is InChI=1S/C22H22F3N3O2/c23-22(24,25)16-3-1-2-15(12-16)18-13-19(18)21(30)28-10-8-27(9-11-28)17-6-4-14(5-7-17)20(26)29/h1-7,12,18-19H,8-11,13H2,(H2,26,29). The van der Waals surface area contributed by atoms with Crippen LogP contribution in [0.3, 0.4) is 0 Å². The van der Waals surface area contributed by atoms with Gasteiger partial charge in [0.05, 0.1) is 5.56 Å². The molecular formula is C22H22F3N3O2. The highest BCUT2D eigenvalue weighted by Gasteiger charge is 2.46. The second-order valence-electron chi connectivity index (χ2n) is 7.80. The van der Waals surface area contributed by atoms with Crippen molar-refractivity contribution in [3.05, 3.63) is 65.2 Å². The molecule has 0 bridgehead atoms. The van der Waals surface area contributed by atoms with E-state index < -0.39 is 17.6 Å². The first-order valence-electron chi connectivity index (χ1n) is 9.85. The third-order valence-electron chi connectivity index (χ3n) is 5.86. The summed E-state index contributed by atoms with van der Waals surface area (Å²) in [5.41, 5.74) is 6.57. The molecule has 0 aromatic heterocycles.